The Bertz CT molecular complexity index is 701. The summed E-state index contributed by atoms with van der Waals surface area (Å²) < 4.78 is 0. The van der Waals surface area contributed by atoms with Gasteiger partial charge in [-0.1, -0.05) is 43.3 Å². The van der Waals surface area contributed by atoms with E-state index in [1.54, 1.807) is 0 Å². The van der Waals surface area contributed by atoms with Crippen molar-refractivity contribution in [2.24, 2.45) is 11.1 Å². The van der Waals surface area contributed by atoms with E-state index in [4.69, 9.17) is 5.73 Å². The van der Waals surface area contributed by atoms with Crippen LogP contribution in [-0.4, -0.2) is 37.0 Å². The van der Waals surface area contributed by atoms with Gasteiger partial charge < -0.3 is 16.0 Å². The summed E-state index contributed by atoms with van der Waals surface area (Å²) in [7, 11) is 0. The Balaban J connectivity index is 0.00000208. The molecule has 1 aliphatic heterocycles. The van der Waals surface area contributed by atoms with E-state index in [0.29, 0.717) is 13.0 Å². The lowest BCUT2D eigenvalue weighted by atomic mass is 9.90. The summed E-state index contributed by atoms with van der Waals surface area (Å²) in [6.45, 7) is 5.77. The Morgan fingerprint density at radius 2 is 2.00 bits per heavy atom. The summed E-state index contributed by atoms with van der Waals surface area (Å²) in [6.07, 6.45) is 1.64. The maximum atomic E-state index is 12.3. The van der Waals surface area contributed by atoms with E-state index in [0.717, 1.165) is 42.5 Å². The van der Waals surface area contributed by atoms with Crippen LogP contribution in [0.25, 0.3) is 10.8 Å². The molecule has 3 rings (SSSR count). The number of nitrogens with one attached hydrogen (secondary N) is 1. The maximum Gasteiger partial charge on any atom is 0.225 e. The van der Waals surface area contributed by atoms with E-state index in [1.165, 1.54) is 0 Å². The number of halogens is 1. The molecule has 1 aliphatic rings. The second kappa shape index (κ2) is 7.97. The van der Waals surface area contributed by atoms with Crippen LogP contribution in [0.5, 0.6) is 0 Å². The highest BCUT2D eigenvalue weighted by Gasteiger charge is 2.32. The van der Waals surface area contributed by atoms with Crippen LogP contribution in [0.1, 0.15) is 19.8 Å². The number of amides is 1. The number of anilines is 1. The first kappa shape index (κ1) is 18.7. The average molecular weight is 348 g/mol. The molecule has 0 bridgehead atoms. The summed E-state index contributed by atoms with van der Waals surface area (Å²) in [5.74, 6) is 0.0719. The number of nitrogens with zero attached hydrogens (tertiary/aromatic N) is 1. The first-order valence-electron chi connectivity index (χ1n) is 8.30. The summed E-state index contributed by atoms with van der Waals surface area (Å²) >= 11 is 0. The van der Waals surface area contributed by atoms with Gasteiger partial charge in [-0.15, -0.1) is 12.4 Å². The predicted molar refractivity (Wildman–Crippen MR) is 103 cm³/mol. The van der Waals surface area contributed by atoms with Crippen molar-refractivity contribution in [2.75, 3.05) is 31.5 Å². The summed E-state index contributed by atoms with van der Waals surface area (Å²) in [5.41, 5.74) is 6.94. The quantitative estimate of drug-likeness (QED) is 0.872. The molecule has 2 aromatic carbocycles. The molecule has 0 aliphatic carbocycles. The largest absolute Gasteiger partial charge is 0.330 e. The standard InChI is InChI=1S/C19H25N3O.ClH/c1-19(13-20)10-12-22(14-19)11-9-18(23)21-17-8-4-6-15-5-2-3-7-16(15)17;/h2-8H,9-14,20H2,1H3,(H,21,23);1H. The number of hydrogen-bond acceptors (Lipinski definition) is 3. The number of carbonyl (C=O) groups excluding carboxylic acids is 1. The molecule has 2 aromatic rings. The molecule has 0 saturated carbocycles. The molecule has 130 valence electrons. The van der Waals surface area contributed by atoms with Gasteiger partial charge in [0, 0.05) is 30.6 Å². The monoisotopic (exact) mass is 347 g/mol. The minimum absolute atomic E-state index is 0. The number of likely N-dealkylation sites (tertiary alicyclic amines) is 1. The van der Waals surface area contributed by atoms with Gasteiger partial charge in [-0.3, -0.25) is 4.79 Å². The Morgan fingerprint density at radius 3 is 2.75 bits per heavy atom. The van der Waals surface area contributed by atoms with E-state index in [2.05, 4.69) is 29.3 Å². The zero-order valence-corrected chi connectivity index (χ0v) is 14.9. The van der Waals surface area contributed by atoms with Crippen LogP contribution in [0.15, 0.2) is 42.5 Å². The van der Waals surface area contributed by atoms with Crippen molar-refractivity contribution >= 4 is 34.8 Å². The van der Waals surface area contributed by atoms with Crippen molar-refractivity contribution in [3.8, 4) is 0 Å². The van der Waals surface area contributed by atoms with Gasteiger partial charge in [-0.2, -0.15) is 0 Å². The smallest absolute Gasteiger partial charge is 0.225 e. The summed E-state index contributed by atoms with van der Waals surface area (Å²) in [4.78, 5) is 14.6. The minimum Gasteiger partial charge on any atom is -0.330 e. The number of benzene rings is 2. The third-order valence-corrected chi connectivity index (χ3v) is 4.85. The highest BCUT2D eigenvalue weighted by atomic mass is 35.5. The van der Waals surface area contributed by atoms with E-state index >= 15 is 0 Å². The van der Waals surface area contributed by atoms with Crippen molar-refractivity contribution < 1.29 is 4.79 Å². The molecule has 0 radical (unpaired) electrons. The second-order valence-electron chi connectivity index (χ2n) is 6.87. The fourth-order valence-corrected chi connectivity index (χ4v) is 3.29. The number of rotatable bonds is 5. The molecule has 0 aromatic heterocycles. The average Bonchev–Trinajstić information content (AvgIpc) is 2.96. The van der Waals surface area contributed by atoms with Crippen LogP contribution in [0, 0.1) is 5.41 Å². The van der Waals surface area contributed by atoms with Crippen LogP contribution in [0.4, 0.5) is 5.69 Å². The molecule has 24 heavy (non-hydrogen) atoms. The van der Waals surface area contributed by atoms with Gasteiger partial charge in [0.1, 0.15) is 0 Å². The number of nitrogens with two attached hydrogens (primary N) is 1. The van der Waals surface area contributed by atoms with Crippen molar-refractivity contribution in [1.29, 1.82) is 0 Å². The molecule has 1 atom stereocenters. The molecule has 5 heteroatoms. The van der Waals surface area contributed by atoms with Gasteiger partial charge in [0.15, 0.2) is 0 Å². The van der Waals surface area contributed by atoms with Crippen LogP contribution < -0.4 is 11.1 Å². The fourth-order valence-electron chi connectivity index (χ4n) is 3.29. The number of fused-ring (bicyclic) bond motifs is 1. The van der Waals surface area contributed by atoms with E-state index in [9.17, 15) is 4.79 Å². The maximum absolute atomic E-state index is 12.3. The van der Waals surface area contributed by atoms with E-state index < -0.39 is 0 Å². The Morgan fingerprint density at radius 1 is 1.25 bits per heavy atom. The minimum atomic E-state index is 0. The number of carbonyl (C=O) groups is 1. The van der Waals surface area contributed by atoms with Crippen LogP contribution in [0.2, 0.25) is 0 Å². The van der Waals surface area contributed by atoms with E-state index in [-0.39, 0.29) is 23.7 Å². The van der Waals surface area contributed by atoms with Gasteiger partial charge >= 0.3 is 0 Å². The van der Waals surface area contributed by atoms with Gasteiger partial charge in [-0.25, -0.2) is 0 Å². The highest BCUT2D eigenvalue weighted by Crippen LogP contribution is 2.28. The fraction of sp³-hybridized carbons (Fsp3) is 0.421. The van der Waals surface area contributed by atoms with Crippen molar-refractivity contribution in [1.82, 2.24) is 4.90 Å². The lowest BCUT2D eigenvalue weighted by molar-refractivity contribution is -0.116. The van der Waals surface area contributed by atoms with Crippen molar-refractivity contribution in [3.05, 3.63) is 42.5 Å². The molecule has 1 amide bonds. The molecule has 4 nitrogen and oxygen atoms in total. The Labute approximate surface area is 149 Å². The molecule has 1 fully saturated rings. The van der Waals surface area contributed by atoms with Gasteiger partial charge in [0.2, 0.25) is 5.91 Å². The van der Waals surface area contributed by atoms with Gasteiger partial charge in [-0.05, 0) is 36.4 Å². The predicted octanol–water partition coefficient (Wildman–Crippen LogP) is 3.26. The summed E-state index contributed by atoms with van der Waals surface area (Å²) in [5, 5.41) is 5.28. The second-order valence-corrected chi connectivity index (χ2v) is 6.87. The molecular formula is C19H26ClN3O. The molecule has 1 heterocycles. The lowest BCUT2D eigenvalue weighted by Crippen LogP contribution is -2.32. The topological polar surface area (TPSA) is 58.4 Å². The molecule has 1 unspecified atom stereocenters. The first-order chi connectivity index (χ1) is 11.1. The molecule has 3 N–H and O–H groups in total. The zero-order chi connectivity index (χ0) is 16.3. The normalized spacial score (nSPS) is 20.8. The SMILES string of the molecule is CC1(CN)CCN(CCC(=O)Nc2cccc3ccccc23)C1.Cl. The Hall–Kier alpha value is -1.62. The first-order valence-corrected chi connectivity index (χ1v) is 8.30. The lowest BCUT2D eigenvalue weighted by Gasteiger charge is -2.22. The molecular weight excluding hydrogens is 322 g/mol. The van der Waals surface area contributed by atoms with Crippen LogP contribution in [0.3, 0.4) is 0 Å². The zero-order valence-electron chi connectivity index (χ0n) is 14.1. The Kier molecular flexibility index (Phi) is 6.21. The van der Waals surface area contributed by atoms with E-state index in [1.807, 2.05) is 30.3 Å². The highest BCUT2D eigenvalue weighted by molar-refractivity contribution is 6.02. The van der Waals surface area contributed by atoms with Gasteiger partial charge in [0.05, 0.1) is 0 Å². The van der Waals surface area contributed by atoms with Crippen LogP contribution in [-0.2, 0) is 4.79 Å². The van der Waals surface area contributed by atoms with Crippen LogP contribution >= 0.6 is 12.4 Å². The van der Waals surface area contributed by atoms with Crippen molar-refractivity contribution in [3.63, 3.8) is 0 Å². The third-order valence-electron chi connectivity index (χ3n) is 4.85. The molecule has 0 spiro atoms. The third kappa shape index (κ3) is 4.26. The van der Waals surface area contributed by atoms with Crippen molar-refractivity contribution in [2.45, 2.75) is 19.8 Å². The summed E-state index contributed by atoms with van der Waals surface area (Å²) in [6, 6.07) is 14.1. The van der Waals surface area contributed by atoms with Gasteiger partial charge in [0.25, 0.3) is 0 Å². The molecule has 1 saturated heterocycles. The number of hydrogen-bond donors (Lipinski definition) is 2.